The molecule has 2 aromatic heterocycles. The number of fused-ring (bicyclic) bond motifs is 1. The van der Waals surface area contributed by atoms with E-state index in [1.807, 2.05) is 12.1 Å². The van der Waals surface area contributed by atoms with E-state index in [2.05, 4.69) is 9.88 Å². The lowest BCUT2D eigenvalue weighted by molar-refractivity contribution is 0.0391. The number of rotatable bonds is 5. The summed E-state index contributed by atoms with van der Waals surface area (Å²) < 4.78 is 7.19. The van der Waals surface area contributed by atoms with Crippen LogP contribution >= 0.6 is 57.5 Å². The highest BCUT2D eigenvalue weighted by atomic mass is 35.5. The first-order valence-corrected chi connectivity index (χ1v) is 11.4. The Morgan fingerprint density at radius 1 is 1.21 bits per heavy atom. The summed E-state index contributed by atoms with van der Waals surface area (Å²) in [4.78, 5) is 21.9. The lowest BCUT2D eigenvalue weighted by Gasteiger charge is -2.29. The van der Waals surface area contributed by atoms with E-state index in [9.17, 15) is 4.79 Å². The van der Waals surface area contributed by atoms with Crippen LogP contribution < -0.4 is 4.90 Å². The molecule has 0 saturated carbocycles. The molecule has 0 spiro atoms. The predicted molar refractivity (Wildman–Crippen MR) is 118 cm³/mol. The van der Waals surface area contributed by atoms with Crippen LogP contribution in [0, 0.1) is 0 Å². The lowest BCUT2D eigenvalue weighted by atomic mass is 10.3. The fraction of sp³-hybridized carbons (Fsp3) is 0.333. The van der Waals surface area contributed by atoms with Gasteiger partial charge in [0.25, 0.3) is 5.91 Å². The van der Waals surface area contributed by atoms with E-state index in [1.54, 1.807) is 17.0 Å². The van der Waals surface area contributed by atoms with Gasteiger partial charge < -0.3 is 4.74 Å². The molecule has 5 nitrogen and oxygen atoms in total. The van der Waals surface area contributed by atoms with E-state index in [4.69, 9.17) is 39.5 Å². The molecule has 1 fully saturated rings. The van der Waals surface area contributed by atoms with Gasteiger partial charge in [-0.05, 0) is 18.2 Å². The van der Waals surface area contributed by atoms with Crippen molar-refractivity contribution in [3.05, 3.63) is 43.5 Å². The average Bonchev–Trinajstić information content (AvgIpc) is 3.26. The van der Waals surface area contributed by atoms with Crippen molar-refractivity contribution in [1.29, 1.82) is 0 Å². The van der Waals surface area contributed by atoms with Gasteiger partial charge in [-0.25, -0.2) is 4.98 Å². The number of amides is 1. The first-order valence-electron chi connectivity index (χ1n) is 8.65. The van der Waals surface area contributed by atoms with Crippen LogP contribution in [0.2, 0.25) is 13.7 Å². The van der Waals surface area contributed by atoms with Gasteiger partial charge in [-0.2, -0.15) is 0 Å². The zero-order valence-corrected chi connectivity index (χ0v) is 18.6. The summed E-state index contributed by atoms with van der Waals surface area (Å²) in [7, 11) is 0. The summed E-state index contributed by atoms with van der Waals surface area (Å²) in [5.41, 5.74) is 1.09. The van der Waals surface area contributed by atoms with Crippen LogP contribution in [0.25, 0.3) is 10.2 Å². The van der Waals surface area contributed by atoms with Gasteiger partial charge in [0.1, 0.15) is 9.85 Å². The fourth-order valence-corrected chi connectivity index (χ4v) is 5.74. The number of anilines is 1. The molecule has 0 bridgehead atoms. The highest BCUT2D eigenvalue weighted by Gasteiger charge is 2.26. The highest BCUT2D eigenvalue weighted by molar-refractivity contribution is 7.22. The van der Waals surface area contributed by atoms with Gasteiger partial charge in [0.15, 0.2) is 5.13 Å². The molecule has 0 atom stereocenters. The van der Waals surface area contributed by atoms with E-state index in [0.29, 0.717) is 56.2 Å². The molecule has 3 aromatic rings. The van der Waals surface area contributed by atoms with E-state index in [-0.39, 0.29) is 5.91 Å². The van der Waals surface area contributed by atoms with Crippen LogP contribution in [0.3, 0.4) is 0 Å². The molecule has 1 saturated heterocycles. The van der Waals surface area contributed by atoms with Crippen LogP contribution in [0.1, 0.15) is 10.4 Å². The Morgan fingerprint density at radius 3 is 2.68 bits per heavy atom. The lowest BCUT2D eigenvalue weighted by Crippen LogP contribution is -2.43. The molecule has 0 aliphatic carbocycles. The molecule has 4 rings (SSSR count). The summed E-state index contributed by atoms with van der Waals surface area (Å²) in [5, 5.41) is 1.16. The Kier molecular flexibility index (Phi) is 6.42. The van der Waals surface area contributed by atoms with Crippen molar-refractivity contribution >= 4 is 78.7 Å². The third-order valence-electron chi connectivity index (χ3n) is 4.47. The van der Waals surface area contributed by atoms with Gasteiger partial charge in [0.05, 0.1) is 32.8 Å². The van der Waals surface area contributed by atoms with Crippen molar-refractivity contribution in [2.75, 3.05) is 44.3 Å². The van der Waals surface area contributed by atoms with Crippen LogP contribution in [-0.4, -0.2) is 55.2 Å². The van der Waals surface area contributed by atoms with Crippen molar-refractivity contribution in [3.8, 4) is 0 Å². The maximum Gasteiger partial charge on any atom is 0.262 e. The molecule has 0 unspecified atom stereocenters. The third kappa shape index (κ3) is 4.31. The SMILES string of the molecule is O=C(c1cc(Cl)sc1Cl)N(CCN1CCOCC1)c1nc2c(Cl)cccc2s1. The Bertz CT molecular complexity index is 1000. The number of aromatic nitrogens is 1. The second kappa shape index (κ2) is 8.83. The number of para-hydroxylation sites is 1. The van der Waals surface area contributed by atoms with E-state index in [0.717, 1.165) is 17.8 Å². The van der Waals surface area contributed by atoms with Crippen molar-refractivity contribution in [3.63, 3.8) is 0 Å². The number of ether oxygens (including phenoxy) is 1. The summed E-state index contributed by atoms with van der Waals surface area (Å²) in [6.45, 7) is 4.30. The number of thiophene rings is 1. The molecule has 1 amide bonds. The molecule has 0 N–H and O–H groups in total. The average molecular weight is 477 g/mol. The molecule has 1 aliphatic heterocycles. The van der Waals surface area contributed by atoms with E-state index in [1.165, 1.54) is 22.7 Å². The normalized spacial score (nSPS) is 15.2. The quantitative estimate of drug-likeness (QED) is 0.501. The molecule has 1 aromatic carbocycles. The Morgan fingerprint density at radius 2 is 2.00 bits per heavy atom. The van der Waals surface area contributed by atoms with E-state index < -0.39 is 0 Å². The Balaban J connectivity index is 1.66. The largest absolute Gasteiger partial charge is 0.379 e. The van der Waals surface area contributed by atoms with Crippen LogP contribution in [0.15, 0.2) is 24.3 Å². The topological polar surface area (TPSA) is 45.7 Å². The van der Waals surface area contributed by atoms with Crippen molar-refractivity contribution in [1.82, 2.24) is 9.88 Å². The number of carbonyl (C=O) groups excluding carboxylic acids is 1. The minimum Gasteiger partial charge on any atom is -0.379 e. The second-order valence-corrected chi connectivity index (χ2v) is 9.93. The zero-order chi connectivity index (χ0) is 19.7. The Labute approximate surface area is 185 Å². The maximum absolute atomic E-state index is 13.3. The monoisotopic (exact) mass is 475 g/mol. The second-order valence-electron chi connectivity index (χ2n) is 6.23. The predicted octanol–water partition coefficient (Wildman–Crippen LogP) is 5.30. The smallest absolute Gasteiger partial charge is 0.262 e. The third-order valence-corrected chi connectivity index (χ3v) is 7.30. The van der Waals surface area contributed by atoms with Gasteiger partial charge in [0.2, 0.25) is 0 Å². The summed E-state index contributed by atoms with van der Waals surface area (Å²) in [6, 6.07) is 7.23. The van der Waals surface area contributed by atoms with Crippen molar-refractivity contribution < 1.29 is 9.53 Å². The maximum atomic E-state index is 13.3. The van der Waals surface area contributed by atoms with E-state index >= 15 is 0 Å². The summed E-state index contributed by atoms with van der Waals surface area (Å²) in [5.74, 6) is -0.211. The number of halogens is 3. The number of thiazole rings is 1. The number of carbonyl (C=O) groups is 1. The van der Waals surface area contributed by atoms with Gasteiger partial charge >= 0.3 is 0 Å². The van der Waals surface area contributed by atoms with Crippen LogP contribution in [0.5, 0.6) is 0 Å². The van der Waals surface area contributed by atoms with Crippen molar-refractivity contribution in [2.45, 2.75) is 0 Å². The molecule has 1 aliphatic rings. The van der Waals surface area contributed by atoms with Crippen molar-refractivity contribution in [2.24, 2.45) is 0 Å². The number of benzene rings is 1. The van der Waals surface area contributed by atoms with Gasteiger partial charge in [-0.3, -0.25) is 14.6 Å². The zero-order valence-electron chi connectivity index (χ0n) is 14.7. The van der Waals surface area contributed by atoms with Crippen LogP contribution in [-0.2, 0) is 4.74 Å². The summed E-state index contributed by atoms with van der Waals surface area (Å²) in [6.07, 6.45) is 0. The van der Waals surface area contributed by atoms with Gasteiger partial charge in [-0.1, -0.05) is 52.2 Å². The standard InChI is InChI=1S/C18H16Cl3N3O2S2/c19-12-2-1-3-13-15(12)22-18(27-13)24(5-4-23-6-8-26-9-7-23)17(25)11-10-14(20)28-16(11)21/h1-3,10H,4-9H2. The number of hydrogen-bond acceptors (Lipinski definition) is 6. The molecular formula is C18H16Cl3N3O2S2. The van der Waals surface area contributed by atoms with Gasteiger partial charge in [-0.15, -0.1) is 11.3 Å². The highest BCUT2D eigenvalue weighted by Crippen LogP contribution is 2.36. The number of hydrogen-bond donors (Lipinski definition) is 0. The van der Waals surface area contributed by atoms with Crippen LogP contribution in [0.4, 0.5) is 5.13 Å². The minimum atomic E-state index is -0.211. The molecule has 10 heteroatoms. The first-order chi connectivity index (χ1) is 13.5. The fourth-order valence-electron chi connectivity index (χ4n) is 3.00. The number of morpholine rings is 1. The number of nitrogens with zero attached hydrogens (tertiary/aromatic N) is 3. The molecule has 28 heavy (non-hydrogen) atoms. The molecular weight excluding hydrogens is 461 g/mol. The van der Waals surface area contributed by atoms with Gasteiger partial charge in [0, 0.05) is 26.2 Å². The molecule has 148 valence electrons. The molecule has 3 heterocycles. The summed E-state index contributed by atoms with van der Waals surface area (Å²) >= 11 is 21.2. The minimum absolute atomic E-state index is 0.211. The Hall–Kier alpha value is -0.930. The first kappa shape index (κ1) is 20.3. The molecule has 0 radical (unpaired) electrons.